The summed E-state index contributed by atoms with van der Waals surface area (Å²) in [5, 5.41) is 9.85. The molecule has 2 rings (SSSR count). The van der Waals surface area contributed by atoms with Gasteiger partial charge in [0.15, 0.2) is 0 Å². The van der Waals surface area contributed by atoms with E-state index in [2.05, 4.69) is 4.98 Å². The maximum absolute atomic E-state index is 12.2. The number of benzene rings is 1. The molecule has 2 aromatic rings. The number of hydrogen-bond donors (Lipinski definition) is 1. The van der Waals surface area contributed by atoms with Crippen molar-refractivity contribution in [1.82, 2.24) is 9.88 Å². The van der Waals surface area contributed by atoms with Crippen molar-refractivity contribution in [1.29, 1.82) is 0 Å². The lowest BCUT2D eigenvalue weighted by atomic mass is 10.2. The fraction of sp³-hybridized carbons (Fsp3) is 0.214. The zero-order valence-corrected chi connectivity index (χ0v) is 11.6. The minimum atomic E-state index is -0.950. The van der Waals surface area contributed by atoms with Crippen molar-refractivity contribution >= 4 is 34.4 Å². The van der Waals surface area contributed by atoms with Gasteiger partial charge >= 0.3 is 5.97 Å². The van der Waals surface area contributed by atoms with E-state index >= 15 is 0 Å². The zero-order chi connectivity index (χ0) is 14.7. The first-order chi connectivity index (χ1) is 9.49. The molecule has 6 heteroatoms. The summed E-state index contributed by atoms with van der Waals surface area (Å²) >= 11 is 6.13. The number of para-hydroxylation sites is 1. The zero-order valence-electron chi connectivity index (χ0n) is 10.8. The molecule has 1 heterocycles. The van der Waals surface area contributed by atoms with Gasteiger partial charge in [-0.25, -0.2) is 4.98 Å². The van der Waals surface area contributed by atoms with Gasteiger partial charge in [0.1, 0.15) is 5.69 Å². The lowest BCUT2D eigenvalue weighted by molar-refractivity contribution is -0.137. The van der Waals surface area contributed by atoms with Gasteiger partial charge in [0.05, 0.1) is 17.0 Å². The summed E-state index contributed by atoms with van der Waals surface area (Å²) in [5.74, 6) is -1.30. The largest absolute Gasteiger partial charge is 0.481 e. The predicted octanol–water partition coefficient (Wildman–Crippen LogP) is 2.43. The number of aliphatic carboxylic acids is 1. The van der Waals surface area contributed by atoms with E-state index in [0.29, 0.717) is 10.5 Å². The second-order valence-corrected chi connectivity index (χ2v) is 4.78. The van der Waals surface area contributed by atoms with Crippen LogP contribution < -0.4 is 0 Å². The number of amides is 1. The molecule has 1 amide bonds. The van der Waals surface area contributed by atoms with Crippen LogP contribution in [-0.4, -0.2) is 40.5 Å². The van der Waals surface area contributed by atoms with Crippen LogP contribution in [-0.2, 0) is 4.79 Å². The van der Waals surface area contributed by atoms with Crippen LogP contribution in [0.4, 0.5) is 0 Å². The molecule has 20 heavy (non-hydrogen) atoms. The fourth-order valence-electron chi connectivity index (χ4n) is 1.80. The third-order valence-corrected chi connectivity index (χ3v) is 3.21. The van der Waals surface area contributed by atoms with E-state index in [-0.39, 0.29) is 24.6 Å². The van der Waals surface area contributed by atoms with Crippen LogP contribution in [0.25, 0.3) is 10.9 Å². The van der Waals surface area contributed by atoms with Crippen LogP contribution in [0.3, 0.4) is 0 Å². The second kappa shape index (κ2) is 5.88. The van der Waals surface area contributed by atoms with E-state index in [9.17, 15) is 9.59 Å². The topological polar surface area (TPSA) is 70.5 Å². The smallest absolute Gasteiger partial charge is 0.305 e. The number of carboxylic acid groups (broad SMARTS) is 1. The molecule has 104 valence electrons. The molecular weight excluding hydrogens is 280 g/mol. The van der Waals surface area contributed by atoms with Crippen LogP contribution in [0.5, 0.6) is 0 Å². The van der Waals surface area contributed by atoms with E-state index in [4.69, 9.17) is 16.7 Å². The maximum Gasteiger partial charge on any atom is 0.305 e. The van der Waals surface area contributed by atoms with Crippen LogP contribution in [0.15, 0.2) is 30.3 Å². The van der Waals surface area contributed by atoms with Gasteiger partial charge in [0.25, 0.3) is 5.91 Å². The summed E-state index contributed by atoms with van der Waals surface area (Å²) in [6, 6.07) is 8.76. The van der Waals surface area contributed by atoms with Gasteiger partial charge in [0, 0.05) is 19.0 Å². The molecule has 5 nitrogen and oxygen atoms in total. The number of nitrogens with zero attached hydrogens (tertiary/aromatic N) is 2. The number of hydrogen-bond acceptors (Lipinski definition) is 3. The fourth-order valence-corrected chi connectivity index (χ4v) is 2.07. The highest BCUT2D eigenvalue weighted by molar-refractivity contribution is 6.35. The van der Waals surface area contributed by atoms with Crippen LogP contribution in [0.1, 0.15) is 16.9 Å². The summed E-state index contributed by atoms with van der Waals surface area (Å²) in [6.07, 6.45) is -0.108. The molecule has 1 N–H and O–H groups in total. The predicted molar refractivity (Wildman–Crippen MR) is 76.0 cm³/mol. The molecule has 0 fully saturated rings. The van der Waals surface area contributed by atoms with Gasteiger partial charge in [-0.2, -0.15) is 0 Å². The first-order valence-corrected chi connectivity index (χ1v) is 6.39. The normalized spacial score (nSPS) is 10.5. The van der Waals surface area contributed by atoms with Crippen molar-refractivity contribution in [3.63, 3.8) is 0 Å². The first-order valence-electron chi connectivity index (χ1n) is 6.01. The molecule has 0 atom stereocenters. The van der Waals surface area contributed by atoms with Crippen LogP contribution in [0.2, 0.25) is 5.02 Å². The first kappa shape index (κ1) is 14.3. The van der Waals surface area contributed by atoms with Gasteiger partial charge in [-0.1, -0.05) is 29.8 Å². The third kappa shape index (κ3) is 3.05. The second-order valence-electron chi connectivity index (χ2n) is 4.38. The third-order valence-electron chi connectivity index (χ3n) is 2.89. The molecule has 0 bridgehead atoms. The average molecular weight is 293 g/mol. The number of carboxylic acids is 1. The average Bonchev–Trinajstić information content (AvgIpc) is 2.43. The molecule has 0 saturated carbocycles. The van der Waals surface area contributed by atoms with Gasteiger partial charge < -0.3 is 10.0 Å². The highest BCUT2D eigenvalue weighted by Gasteiger charge is 2.16. The molecule has 0 aliphatic heterocycles. The number of carbonyl (C=O) groups is 2. The lowest BCUT2D eigenvalue weighted by Gasteiger charge is -2.16. The Bertz CT molecular complexity index is 673. The van der Waals surface area contributed by atoms with Crippen molar-refractivity contribution in [2.45, 2.75) is 6.42 Å². The van der Waals surface area contributed by atoms with Crippen molar-refractivity contribution < 1.29 is 14.7 Å². The molecule has 0 unspecified atom stereocenters. The minimum absolute atomic E-state index is 0.108. The molecule has 1 aromatic heterocycles. The Morgan fingerprint density at radius 2 is 2.05 bits per heavy atom. The highest BCUT2D eigenvalue weighted by atomic mass is 35.5. The molecule has 0 aliphatic carbocycles. The summed E-state index contributed by atoms with van der Waals surface area (Å²) in [4.78, 5) is 28.3. The maximum atomic E-state index is 12.2. The number of pyridine rings is 1. The van der Waals surface area contributed by atoms with Crippen LogP contribution in [0, 0.1) is 0 Å². The van der Waals surface area contributed by atoms with E-state index in [1.165, 1.54) is 18.0 Å². The number of fused-ring (bicyclic) bond motifs is 1. The molecule has 0 radical (unpaired) electrons. The lowest BCUT2D eigenvalue weighted by Crippen LogP contribution is -2.29. The number of aromatic nitrogens is 1. The number of carbonyl (C=O) groups excluding carboxylic acids is 1. The molecule has 0 spiro atoms. The summed E-state index contributed by atoms with van der Waals surface area (Å²) in [6.45, 7) is 0.125. The van der Waals surface area contributed by atoms with Gasteiger partial charge in [-0.15, -0.1) is 0 Å². The molecular formula is C14H13ClN2O3. The van der Waals surface area contributed by atoms with Gasteiger partial charge in [0.2, 0.25) is 0 Å². The van der Waals surface area contributed by atoms with Crippen LogP contribution >= 0.6 is 11.6 Å². The summed E-state index contributed by atoms with van der Waals surface area (Å²) < 4.78 is 0. The van der Waals surface area contributed by atoms with Gasteiger partial charge in [-0.3, -0.25) is 9.59 Å². The van der Waals surface area contributed by atoms with Crippen molar-refractivity contribution in [3.05, 3.63) is 41.0 Å². The van der Waals surface area contributed by atoms with Crippen molar-refractivity contribution in [3.8, 4) is 0 Å². The van der Waals surface area contributed by atoms with Crippen molar-refractivity contribution in [2.75, 3.05) is 13.6 Å². The monoisotopic (exact) mass is 292 g/mol. The molecule has 1 aromatic carbocycles. The van der Waals surface area contributed by atoms with E-state index < -0.39 is 5.97 Å². The molecule has 0 saturated heterocycles. The Balaban J connectivity index is 2.28. The Morgan fingerprint density at radius 3 is 2.75 bits per heavy atom. The minimum Gasteiger partial charge on any atom is -0.481 e. The van der Waals surface area contributed by atoms with E-state index in [0.717, 1.165) is 5.39 Å². The highest BCUT2D eigenvalue weighted by Crippen LogP contribution is 2.23. The quantitative estimate of drug-likeness (QED) is 0.939. The Morgan fingerprint density at radius 1 is 1.35 bits per heavy atom. The number of halogens is 1. The molecule has 0 aliphatic rings. The Labute approximate surface area is 120 Å². The van der Waals surface area contributed by atoms with Crippen molar-refractivity contribution in [2.24, 2.45) is 0 Å². The number of rotatable bonds is 4. The Hall–Kier alpha value is -2.14. The SMILES string of the molecule is CN(CCC(=O)O)C(=O)c1cc(Cl)c2ccccc2n1. The summed E-state index contributed by atoms with van der Waals surface area (Å²) in [5.41, 5.74) is 0.844. The standard InChI is InChI=1S/C14H13ClN2O3/c1-17(7-6-13(18)19)14(20)12-8-10(15)9-4-2-3-5-11(9)16-12/h2-5,8H,6-7H2,1H3,(H,18,19). The van der Waals surface area contributed by atoms with E-state index in [1.54, 1.807) is 6.07 Å². The summed E-state index contributed by atoms with van der Waals surface area (Å²) in [7, 11) is 1.54. The van der Waals surface area contributed by atoms with E-state index in [1.807, 2.05) is 18.2 Å². The Kier molecular flexibility index (Phi) is 4.20. The van der Waals surface area contributed by atoms with Gasteiger partial charge in [-0.05, 0) is 12.1 Å².